The van der Waals surface area contributed by atoms with Gasteiger partial charge in [0.25, 0.3) is 11.7 Å². The summed E-state index contributed by atoms with van der Waals surface area (Å²) in [6.45, 7) is 4.63. The van der Waals surface area contributed by atoms with Gasteiger partial charge in [-0.1, -0.05) is 43.3 Å². The third-order valence-electron chi connectivity index (χ3n) is 6.68. The minimum Gasteiger partial charge on any atom is -0.507 e. The SMILES string of the molecule is CCCOc1ccc(C(O)=C2C(=O)C(=O)N(Cc3cccnc3)[C@H]2c2cccc(Oc3ccccc3)c2)cc1C. The summed E-state index contributed by atoms with van der Waals surface area (Å²) in [6, 6.07) is 24.6. The molecule has 0 aliphatic carbocycles. The number of aromatic nitrogens is 1. The Bertz CT molecular complexity index is 1550. The number of carbonyl (C=O) groups is 2. The van der Waals surface area contributed by atoms with E-state index in [1.54, 1.807) is 42.7 Å². The number of ether oxygens (including phenoxy) is 2. The molecule has 1 aliphatic rings. The number of aryl methyl sites for hydroxylation is 1. The highest BCUT2D eigenvalue weighted by molar-refractivity contribution is 6.46. The predicted molar refractivity (Wildman–Crippen MR) is 152 cm³/mol. The van der Waals surface area contributed by atoms with Gasteiger partial charge in [-0.05, 0) is 78.6 Å². The van der Waals surface area contributed by atoms with E-state index in [-0.39, 0.29) is 17.9 Å². The average molecular weight is 535 g/mol. The molecule has 0 saturated carbocycles. The lowest BCUT2D eigenvalue weighted by molar-refractivity contribution is -0.140. The molecule has 0 bridgehead atoms. The molecule has 1 aromatic heterocycles. The first-order chi connectivity index (χ1) is 19.5. The van der Waals surface area contributed by atoms with Gasteiger partial charge in [-0.2, -0.15) is 0 Å². The quantitative estimate of drug-likeness (QED) is 0.148. The van der Waals surface area contributed by atoms with Crippen LogP contribution in [0.25, 0.3) is 5.76 Å². The molecule has 0 unspecified atom stereocenters. The van der Waals surface area contributed by atoms with E-state index < -0.39 is 17.7 Å². The number of benzene rings is 3. The Kier molecular flexibility index (Phi) is 7.92. The standard InChI is InChI=1S/C33H30N2O5/c1-3-17-39-28-15-14-25(18-22(28)2)31(36)29-30(35(33(38)32(29)37)21-23-9-8-16-34-20-23)24-10-7-13-27(19-24)40-26-11-5-4-6-12-26/h4-16,18-20,30,36H,3,17,21H2,1-2H3/t30-/m0/s1. The number of nitrogens with zero attached hydrogens (tertiary/aromatic N) is 2. The summed E-state index contributed by atoms with van der Waals surface area (Å²) in [5, 5.41) is 11.5. The number of likely N-dealkylation sites (tertiary alicyclic amines) is 1. The third kappa shape index (κ3) is 5.59. The molecular formula is C33H30N2O5. The number of ketones is 1. The van der Waals surface area contributed by atoms with E-state index in [0.29, 0.717) is 35.0 Å². The van der Waals surface area contributed by atoms with Crippen molar-refractivity contribution < 1.29 is 24.2 Å². The van der Waals surface area contributed by atoms with Gasteiger partial charge < -0.3 is 19.5 Å². The number of pyridine rings is 1. The molecule has 1 amide bonds. The van der Waals surface area contributed by atoms with E-state index in [2.05, 4.69) is 4.98 Å². The molecule has 2 heterocycles. The second kappa shape index (κ2) is 11.9. The molecule has 40 heavy (non-hydrogen) atoms. The van der Waals surface area contributed by atoms with Crippen molar-refractivity contribution >= 4 is 17.4 Å². The van der Waals surface area contributed by atoms with E-state index in [1.165, 1.54) is 4.90 Å². The highest BCUT2D eigenvalue weighted by Crippen LogP contribution is 2.41. The van der Waals surface area contributed by atoms with Crippen LogP contribution in [0.1, 0.15) is 41.6 Å². The fourth-order valence-corrected chi connectivity index (χ4v) is 4.78. The van der Waals surface area contributed by atoms with Crippen LogP contribution in [0.3, 0.4) is 0 Å². The van der Waals surface area contributed by atoms with Gasteiger partial charge in [-0.3, -0.25) is 14.6 Å². The van der Waals surface area contributed by atoms with Gasteiger partial charge >= 0.3 is 0 Å². The van der Waals surface area contributed by atoms with Crippen LogP contribution in [0, 0.1) is 6.92 Å². The highest BCUT2D eigenvalue weighted by Gasteiger charge is 2.46. The molecule has 1 aliphatic heterocycles. The topological polar surface area (TPSA) is 89.0 Å². The van der Waals surface area contributed by atoms with Crippen molar-refractivity contribution in [1.82, 2.24) is 9.88 Å². The van der Waals surface area contributed by atoms with Crippen LogP contribution in [0.4, 0.5) is 0 Å². The molecule has 1 fully saturated rings. The summed E-state index contributed by atoms with van der Waals surface area (Å²) in [5.41, 5.74) is 2.67. The van der Waals surface area contributed by atoms with Crippen LogP contribution in [0.2, 0.25) is 0 Å². The molecule has 0 radical (unpaired) electrons. The van der Waals surface area contributed by atoms with E-state index in [9.17, 15) is 14.7 Å². The predicted octanol–water partition coefficient (Wildman–Crippen LogP) is 6.59. The molecule has 3 aromatic carbocycles. The van der Waals surface area contributed by atoms with Gasteiger partial charge in [0.15, 0.2) is 0 Å². The molecular weight excluding hydrogens is 504 g/mol. The van der Waals surface area contributed by atoms with E-state index in [0.717, 1.165) is 17.5 Å². The molecule has 0 spiro atoms. The van der Waals surface area contributed by atoms with Crippen molar-refractivity contribution in [1.29, 1.82) is 0 Å². The number of hydrogen-bond acceptors (Lipinski definition) is 6. The van der Waals surface area contributed by atoms with Crippen LogP contribution in [-0.4, -0.2) is 33.3 Å². The molecule has 7 nitrogen and oxygen atoms in total. The number of amides is 1. The number of para-hydroxylation sites is 1. The fraction of sp³-hybridized carbons (Fsp3) is 0.182. The first kappa shape index (κ1) is 26.7. The Morgan fingerprint density at radius 3 is 2.48 bits per heavy atom. The number of carbonyl (C=O) groups excluding carboxylic acids is 2. The van der Waals surface area contributed by atoms with Gasteiger partial charge in [-0.25, -0.2) is 0 Å². The number of rotatable bonds is 9. The molecule has 1 atom stereocenters. The minimum absolute atomic E-state index is 0.0207. The molecule has 7 heteroatoms. The van der Waals surface area contributed by atoms with Crippen LogP contribution in [0.5, 0.6) is 17.2 Å². The Morgan fingerprint density at radius 2 is 1.75 bits per heavy atom. The lowest BCUT2D eigenvalue weighted by Gasteiger charge is -2.25. The zero-order valence-electron chi connectivity index (χ0n) is 22.4. The summed E-state index contributed by atoms with van der Waals surface area (Å²) in [6.07, 6.45) is 4.17. The second-order valence-electron chi connectivity index (χ2n) is 9.60. The van der Waals surface area contributed by atoms with Crippen molar-refractivity contribution in [3.8, 4) is 17.2 Å². The number of hydrogen-bond donors (Lipinski definition) is 1. The summed E-state index contributed by atoms with van der Waals surface area (Å²) in [5.74, 6) is 0.234. The van der Waals surface area contributed by atoms with Gasteiger partial charge in [0, 0.05) is 24.5 Å². The van der Waals surface area contributed by atoms with Gasteiger partial charge in [0.1, 0.15) is 23.0 Å². The summed E-state index contributed by atoms with van der Waals surface area (Å²) < 4.78 is 11.8. The van der Waals surface area contributed by atoms with Crippen molar-refractivity contribution in [3.63, 3.8) is 0 Å². The van der Waals surface area contributed by atoms with Gasteiger partial charge in [0.2, 0.25) is 0 Å². The third-order valence-corrected chi connectivity index (χ3v) is 6.68. The number of Topliss-reactive ketones (excluding diaryl/α,β-unsaturated/α-hetero) is 1. The van der Waals surface area contributed by atoms with Crippen molar-refractivity contribution in [3.05, 3.63) is 125 Å². The first-order valence-corrected chi connectivity index (χ1v) is 13.2. The molecule has 5 rings (SSSR count). The van der Waals surface area contributed by atoms with Gasteiger partial charge in [-0.15, -0.1) is 0 Å². The molecule has 4 aromatic rings. The highest BCUT2D eigenvalue weighted by atomic mass is 16.5. The summed E-state index contributed by atoms with van der Waals surface area (Å²) in [4.78, 5) is 32.5. The summed E-state index contributed by atoms with van der Waals surface area (Å²) in [7, 11) is 0. The Labute approximate surface area is 233 Å². The zero-order valence-corrected chi connectivity index (χ0v) is 22.4. The van der Waals surface area contributed by atoms with E-state index in [1.807, 2.05) is 68.4 Å². The maximum absolute atomic E-state index is 13.5. The normalized spacial score (nSPS) is 16.2. The largest absolute Gasteiger partial charge is 0.507 e. The lowest BCUT2D eigenvalue weighted by Crippen LogP contribution is -2.29. The fourth-order valence-electron chi connectivity index (χ4n) is 4.78. The first-order valence-electron chi connectivity index (χ1n) is 13.2. The molecule has 1 N–H and O–H groups in total. The van der Waals surface area contributed by atoms with Crippen molar-refractivity contribution in [2.45, 2.75) is 32.9 Å². The van der Waals surface area contributed by atoms with Crippen LogP contribution < -0.4 is 9.47 Å². The van der Waals surface area contributed by atoms with E-state index in [4.69, 9.17) is 9.47 Å². The molecule has 202 valence electrons. The molecule has 1 saturated heterocycles. The number of aliphatic hydroxyl groups is 1. The Morgan fingerprint density at radius 1 is 0.950 bits per heavy atom. The Balaban J connectivity index is 1.59. The smallest absolute Gasteiger partial charge is 0.295 e. The van der Waals surface area contributed by atoms with Gasteiger partial charge in [0.05, 0.1) is 18.2 Å². The maximum Gasteiger partial charge on any atom is 0.295 e. The van der Waals surface area contributed by atoms with Crippen LogP contribution >= 0.6 is 0 Å². The van der Waals surface area contributed by atoms with Crippen molar-refractivity contribution in [2.24, 2.45) is 0 Å². The lowest BCUT2D eigenvalue weighted by atomic mass is 9.94. The minimum atomic E-state index is -0.837. The Hall–Kier alpha value is -4.91. The number of aliphatic hydroxyl groups excluding tert-OH is 1. The average Bonchev–Trinajstić information content (AvgIpc) is 3.22. The van der Waals surface area contributed by atoms with Crippen LogP contribution in [0.15, 0.2) is 103 Å². The van der Waals surface area contributed by atoms with Crippen LogP contribution in [-0.2, 0) is 16.1 Å². The van der Waals surface area contributed by atoms with Crippen molar-refractivity contribution in [2.75, 3.05) is 6.61 Å². The monoisotopic (exact) mass is 534 g/mol. The second-order valence-corrected chi connectivity index (χ2v) is 9.60. The van der Waals surface area contributed by atoms with E-state index >= 15 is 0 Å². The zero-order chi connectivity index (χ0) is 28.1. The summed E-state index contributed by atoms with van der Waals surface area (Å²) >= 11 is 0. The maximum atomic E-state index is 13.5.